The summed E-state index contributed by atoms with van der Waals surface area (Å²) < 4.78 is 22.6. The first-order valence-electron chi connectivity index (χ1n) is 5.26. The van der Waals surface area contributed by atoms with Gasteiger partial charge in [0.15, 0.2) is 9.84 Å². The van der Waals surface area contributed by atoms with E-state index in [9.17, 15) is 18.0 Å². The Labute approximate surface area is 99.5 Å². The average Bonchev–Trinajstić information content (AvgIpc) is 2.15. The lowest BCUT2D eigenvalue weighted by Crippen LogP contribution is -2.48. The summed E-state index contributed by atoms with van der Waals surface area (Å²) in [4.78, 5) is 21.9. The molecule has 1 aliphatic rings. The van der Waals surface area contributed by atoms with Crippen LogP contribution in [0, 0.1) is 0 Å². The molecule has 7 nitrogen and oxygen atoms in total. The van der Waals surface area contributed by atoms with Gasteiger partial charge in [-0.1, -0.05) is 0 Å². The molecule has 8 heteroatoms. The van der Waals surface area contributed by atoms with Gasteiger partial charge in [-0.05, 0) is 6.92 Å². The number of sulfone groups is 1. The number of rotatable bonds is 4. The highest BCUT2D eigenvalue weighted by Gasteiger charge is 2.26. The van der Waals surface area contributed by atoms with E-state index in [1.54, 1.807) is 0 Å². The monoisotopic (exact) mass is 264 g/mol. The van der Waals surface area contributed by atoms with Crippen LogP contribution in [0.1, 0.15) is 13.3 Å². The molecular formula is C9H16N2O5S. The number of nitrogens with one attached hydrogen (secondary N) is 2. The van der Waals surface area contributed by atoms with Crippen molar-refractivity contribution >= 4 is 21.7 Å². The number of carboxylic acid groups (broad SMARTS) is 1. The van der Waals surface area contributed by atoms with E-state index < -0.39 is 33.8 Å². The van der Waals surface area contributed by atoms with Gasteiger partial charge >= 0.3 is 5.97 Å². The molecule has 1 heterocycles. The fraction of sp³-hybridized carbons (Fsp3) is 0.778. The van der Waals surface area contributed by atoms with Crippen LogP contribution < -0.4 is 10.6 Å². The normalized spacial score (nSPS) is 24.9. The summed E-state index contributed by atoms with van der Waals surface area (Å²) in [6.45, 7) is 1.68. The quantitative estimate of drug-likeness (QED) is 0.561. The van der Waals surface area contributed by atoms with E-state index in [-0.39, 0.29) is 17.9 Å². The third-order valence-corrected chi connectivity index (χ3v) is 4.22. The van der Waals surface area contributed by atoms with E-state index in [0.717, 1.165) is 0 Å². The van der Waals surface area contributed by atoms with E-state index in [0.29, 0.717) is 6.54 Å². The molecule has 2 unspecified atom stereocenters. The molecule has 0 aromatic heterocycles. The highest BCUT2D eigenvalue weighted by Crippen LogP contribution is 2.05. The van der Waals surface area contributed by atoms with Crippen molar-refractivity contribution in [1.29, 1.82) is 0 Å². The van der Waals surface area contributed by atoms with Gasteiger partial charge in [0.1, 0.15) is 6.04 Å². The van der Waals surface area contributed by atoms with Crippen LogP contribution in [0.15, 0.2) is 0 Å². The topological polar surface area (TPSA) is 113 Å². The van der Waals surface area contributed by atoms with E-state index in [1.165, 1.54) is 6.92 Å². The third-order valence-electron chi connectivity index (χ3n) is 2.48. The van der Waals surface area contributed by atoms with Crippen molar-refractivity contribution in [3.05, 3.63) is 0 Å². The van der Waals surface area contributed by atoms with Gasteiger partial charge in [-0.15, -0.1) is 0 Å². The first kappa shape index (κ1) is 13.9. The predicted molar refractivity (Wildman–Crippen MR) is 60.3 cm³/mol. The Hall–Kier alpha value is -1.15. The Bertz CT molecular complexity index is 406. The lowest BCUT2D eigenvalue weighted by atomic mass is 10.2. The summed E-state index contributed by atoms with van der Waals surface area (Å²) in [5.41, 5.74) is 0. The Morgan fingerprint density at radius 1 is 1.53 bits per heavy atom. The zero-order valence-electron chi connectivity index (χ0n) is 9.47. The summed E-state index contributed by atoms with van der Waals surface area (Å²) in [6.07, 6.45) is -0.0309. The minimum atomic E-state index is -3.08. The molecule has 0 spiro atoms. The number of carbonyl (C=O) groups excluding carboxylic acids is 1. The zero-order chi connectivity index (χ0) is 13.1. The van der Waals surface area contributed by atoms with Crippen LogP contribution in [0.3, 0.4) is 0 Å². The fourth-order valence-electron chi connectivity index (χ4n) is 1.58. The van der Waals surface area contributed by atoms with Crippen molar-refractivity contribution in [1.82, 2.24) is 10.6 Å². The summed E-state index contributed by atoms with van der Waals surface area (Å²) in [7, 11) is -3.08. The molecule has 0 radical (unpaired) electrons. The maximum atomic E-state index is 11.4. The molecule has 1 fully saturated rings. The maximum absolute atomic E-state index is 11.4. The summed E-state index contributed by atoms with van der Waals surface area (Å²) in [5.74, 6) is -1.59. The summed E-state index contributed by atoms with van der Waals surface area (Å²) in [5, 5.41) is 13.8. The molecule has 0 aromatic rings. The average molecular weight is 264 g/mol. The van der Waals surface area contributed by atoms with Gasteiger partial charge in [0.25, 0.3) is 0 Å². The lowest BCUT2D eigenvalue weighted by Gasteiger charge is -2.23. The van der Waals surface area contributed by atoms with Gasteiger partial charge in [0.05, 0.1) is 11.5 Å². The summed E-state index contributed by atoms with van der Waals surface area (Å²) in [6, 6.07) is -1.41. The van der Waals surface area contributed by atoms with Gasteiger partial charge in [-0.2, -0.15) is 0 Å². The van der Waals surface area contributed by atoms with Gasteiger partial charge in [0.2, 0.25) is 5.91 Å². The number of hydrogen-bond acceptors (Lipinski definition) is 5. The molecule has 98 valence electrons. The number of hydrogen-bond donors (Lipinski definition) is 3. The SMILES string of the molecule is CC(NC(=O)CC1CS(=O)(=O)CCN1)C(=O)O. The van der Waals surface area contributed by atoms with Gasteiger partial charge in [-0.3, -0.25) is 9.59 Å². The number of carbonyl (C=O) groups is 2. The molecule has 1 aliphatic heterocycles. The lowest BCUT2D eigenvalue weighted by molar-refractivity contribution is -0.141. The Balaban J connectivity index is 2.44. The molecule has 0 saturated carbocycles. The number of amides is 1. The van der Waals surface area contributed by atoms with Crippen molar-refractivity contribution in [2.75, 3.05) is 18.1 Å². The molecule has 2 atom stereocenters. The van der Waals surface area contributed by atoms with Gasteiger partial charge in [-0.25, -0.2) is 8.42 Å². The molecule has 3 N–H and O–H groups in total. The van der Waals surface area contributed by atoms with Crippen LogP contribution in [-0.4, -0.2) is 55.5 Å². The van der Waals surface area contributed by atoms with Crippen LogP contribution in [-0.2, 0) is 19.4 Å². The molecule has 1 amide bonds. The van der Waals surface area contributed by atoms with Crippen LogP contribution >= 0.6 is 0 Å². The molecular weight excluding hydrogens is 248 g/mol. The molecule has 1 saturated heterocycles. The highest BCUT2D eigenvalue weighted by atomic mass is 32.2. The summed E-state index contributed by atoms with van der Waals surface area (Å²) >= 11 is 0. The van der Waals surface area contributed by atoms with E-state index in [2.05, 4.69) is 10.6 Å². The minimum Gasteiger partial charge on any atom is -0.480 e. The van der Waals surface area contributed by atoms with Crippen molar-refractivity contribution < 1.29 is 23.1 Å². The number of aliphatic carboxylic acids is 1. The highest BCUT2D eigenvalue weighted by molar-refractivity contribution is 7.91. The third kappa shape index (κ3) is 4.70. The van der Waals surface area contributed by atoms with Crippen LogP contribution in [0.25, 0.3) is 0 Å². The second-order valence-electron chi connectivity index (χ2n) is 4.10. The Morgan fingerprint density at radius 2 is 2.18 bits per heavy atom. The molecule has 0 aromatic carbocycles. The molecule has 17 heavy (non-hydrogen) atoms. The molecule has 0 aliphatic carbocycles. The Morgan fingerprint density at radius 3 is 2.71 bits per heavy atom. The van der Waals surface area contributed by atoms with E-state index in [1.807, 2.05) is 0 Å². The number of carboxylic acids is 1. The van der Waals surface area contributed by atoms with Crippen molar-refractivity contribution in [2.45, 2.75) is 25.4 Å². The van der Waals surface area contributed by atoms with Crippen molar-refractivity contribution in [3.63, 3.8) is 0 Å². The van der Waals surface area contributed by atoms with Crippen LogP contribution in [0.2, 0.25) is 0 Å². The second-order valence-corrected chi connectivity index (χ2v) is 6.33. The molecule has 1 rings (SSSR count). The predicted octanol–water partition coefficient (Wildman–Crippen LogP) is -1.65. The van der Waals surface area contributed by atoms with Crippen molar-refractivity contribution in [3.8, 4) is 0 Å². The largest absolute Gasteiger partial charge is 0.480 e. The molecule has 0 bridgehead atoms. The smallest absolute Gasteiger partial charge is 0.325 e. The van der Waals surface area contributed by atoms with Gasteiger partial charge < -0.3 is 15.7 Å². The first-order chi connectivity index (χ1) is 7.80. The maximum Gasteiger partial charge on any atom is 0.325 e. The Kier molecular flexibility index (Phi) is 4.47. The minimum absolute atomic E-state index is 0.0309. The van der Waals surface area contributed by atoms with E-state index in [4.69, 9.17) is 5.11 Å². The second kappa shape index (κ2) is 5.46. The zero-order valence-corrected chi connectivity index (χ0v) is 10.3. The van der Waals surface area contributed by atoms with Crippen LogP contribution in [0.4, 0.5) is 0 Å². The van der Waals surface area contributed by atoms with E-state index >= 15 is 0 Å². The van der Waals surface area contributed by atoms with Crippen LogP contribution in [0.5, 0.6) is 0 Å². The standard InChI is InChI=1S/C9H16N2O5S/c1-6(9(13)14)11-8(12)4-7-5-17(15,16)3-2-10-7/h6-7,10H,2-5H2,1H3,(H,11,12)(H,13,14). The first-order valence-corrected chi connectivity index (χ1v) is 7.08. The fourth-order valence-corrected chi connectivity index (χ4v) is 3.03. The van der Waals surface area contributed by atoms with Crippen molar-refractivity contribution in [2.24, 2.45) is 0 Å². The van der Waals surface area contributed by atoms with Gasteiger partial charge in [0, 0.05) is 19.0 Å².